The molecule has 1 nitrogen and oxygen atoms in total. The van der Waals surface area contributed by atoms with Crippen molar-refractivity contribution in [2.45, 2.75) is 39.2 Å². The molecule has 0 saturated heterocycles. The van der Waals surface area contributed by atoms with Crippen LogP contribution in [0.1, 0.15) is 32.3 Å². The molecule has 0 heterocycles. The molecule has 1 atom stereocenters. The summed E-state index contributed by atoms with van der Waals surface area (Å²) >= 11 is 2.35. The van der Waals surface area contributed by atoms with Crippen LogP contribution >= 0.6 is 22.6 Å². The summed E-state index contributed by atoms with van der Waals surface area (Å²) in [6.07, 6.45) is 3.73. The van der Waals surface area contributed by atoms with Gasteiger partial charge >= 0.3 is 0 Å². The van der Waals surface area contributed by atoms with E-state index in [1.807, 2.05) is 0 Å². The van der Waals surface area contributed by atoms with Crippen LogP contribution in [0.2, 0.25) is 0 Å². The van der Waals surface area contributed by atoms with Gasteiger partial charge in [-0.25, -0.2) is 0 Å². The smallest absolute Gasteiger partial charge is 0.0130 e. The Balaban J connectivity index is 2.32. The Kier molecular flexibility index (Phi) is 6.36. The van der Waals surface area contributed by atoms with Crippen molar-refractivity contribution in [2.75, 3.05) is 7.05 Å². The summed E-state index contributed by atoms with van der Waals surface area (Å²) in [7, 11) is 2.07. The lowest BCUT2D eigenvalue weighted by molar-refractivity contribution is 0.393. The molecule has 0 radical (unpaired) electrons. The van der Waals surface area contributed by atoms with Gasteiger partial charge in [-0.15, -0.1) is 0 Å². The van der Waals surface area contributed by atoms with Crippen molar-refractivity contribution in [2.24, 2.45) is 5.92 Å². The monoisotopic (exact) mass is 331 g/mol. The van der Waals surface area contributed by atoms with E-state index in [0.29, 0.717) is 6.04 Å². The molecule has 0 amide bonds. The van der Waals surface area contributed by atoms with Crippen LogP contribution < -0.4 is 5.32 Å². The standard InChI is InChI=1S/C14H22IN/c1-11(2)14(16-3)6-4-5-12-7-9-13(15)10-8-12/h7-11,14,16H,4-6H2,1-3H3. The summed E-state index contributed by atoms with van der Waals surface area (Å²) in [6, 6.07) is 9.52. The highest BCUT2D eigenvalue weighted by Crippen LogP contribution is 2.13. The first-order valence-electron chi connectivity index (χ1n) is 6.05. The first-order valence-corrected chi connectivity index (χ1v) is 7.13. The van der Waals surface area contributed by atoms with Crippen LogP contribution in [0.5, 0.6) is 0 Å². The Morgan fingerprint density at radius 3 is 2.31 bits per heavy atom. The maximum atomic E-state index is 3.40. The van der Waals surface area contributed by atoms with Crippen LogP contribution in [0.15, 0.2) is 24.3 Å². The number of aryl methyl sites for hydroxylation is 1. The van der Waals surface area contributed by atoms with Crippen LogP contribution in [-0.4, -0.2) is 13.1 Å². The lowest BCUT2D eigenvalue weighted by atomic mass is 9.97. The molecule has 0 aliphatic rings. The zero-order chi connectivity index (χ0) is 12.0. The number of nitrogens with one attached hydrogen (secondary N) is 1. The SMILES string of the molecule is CNC(CCCc1ccc(I)cc1)C(C)C. The van der Waals surface area contributed by atoms with E-state index in [2.05, 4.69) is 73.1 Å². The minimum absolute atomic E-state index is 0.656. The van der Waals surface area contributed by atoms with Crippen molar-refractivity contribution in [1.82, 2.24) is 5.32 Å². The molecule has 1 aromatic carbocycles. The van der Waals surface area contributed by atoms with Gasteiger partial charge < -0.3 is 5.32 Å². The number of halogens is 1. The number of hydrogen-bond acceptors (Lipinski definition) is 1. The highest BCUT2D eigenvalue weighted by atomic mass is 127. The summed E-state index contributed by atoms with van der Waals surface area (Å²) in [5.41, 5.74) is 1.46. The second-order valence-electron chi connectivity index (χ2n) is 4.66. The molecule has 1 N–H and O–H groups in total. The van der Waals surface area contributed by atoms with Gasteiger partial charge in [0, 0.05) is 9.61 Å². The summed E-state index contributed by atoms with van der Waals surface area (Å²) in [5.74, 6) is 0.724. The topological polar surface area (TPSA) is 12.0 Å². The average Bonchev–Trinajstić information content (AvgIpc) is 2.26. The van der Waals surface area contributed by atoms with Crippen LogP contribution in [0.25, 0.3) is 0 Å². The van der Waals surface area contributed by atoms with Crippen molar-refractivity contribution >= 4 is 22.6 Å². The first-order chi connectivity index (χ1) is 7.63. The zero-order valence-electron chi connectivity index (χ0n) is 10.5. The van der Waals surface area contributed by atoms with E-state index in [1.165, 1.54) is 28.4 Å². The van der Waals surface area contributed by atoms with Gasteiger partial charge in [-0.1, -0.05) is 26.0 Å². The van der Waals surface area contributed by atoms with Crippen molar-refractivity contribution in [3.63, 3.8) is 0 Å². The van der Waals surface area contributed by atoms with E-state index in [9.17, 15) is 0 Å². The van der Waals surface area contributed by atoms with Crippen LogP contribution in [0.4, 0.5) is 0 Å². The third-order valence-electron chi connectivity index (χ3n) is 3.07. The predicted octanol–water partition coefficient (Wildman–Crippen LogP) is 3.86. The minimum Gasteiger partial charge on any atom is -0.317 e. The number of hydrogen-bond donors (Lipinski definition) is 1. The number of benzene rings is 1. The van der Waals surface area contributed by atoms with Crippen LogP contribution in [0.3, 0.4) is 0 Å². The molecule has 2 heteroatoms. The van der Waals surface area contributed by atoms with E-state index in [-0.39, 0.29) is 0 Å². The fourth-order valence-electron chi connectivity index (χ4n) is 1.99. The first kappa shape index (κ1) is 14.0. The molecule has 0 saturated carbocycles. The fourth-order valence-corrected chi connectivity index (χ4v) is 2.35. The predicted molar refractivity (Wildman–Crippen MR) is 79.8 cm³/mol. The Bertz CT molecular complexity index is 292. The van der Waals surface area contributed by atoms with Crippen molar-refractivity contribution in [1.29, 1.82) is 0 Å². The van der Waals surface area contributed by atoms with Gasteiger partial charge in [-0.3, -0.25) is 0 Å². The van der Waals surface area contributed by atoms with Crippen molar-refractivity contribution in [3.05, 3.63) is 33.4 Å². The Hall–Kier alpha value is -0.0900. The minimum atomic E-state index is 0.656. The zero-order valence-corrected chi connectivity index (χ0v) is 12.6. The molecule has 90 valence electrons. The van der Waals surface area contributed by atoms with Gasteiger partial charge in [-0.05, 0) is 72.5 Å². The maximum absolute atomic E-state index is 3.40. The second-order valence-corrected chi connectivity index (χ2v) is 5.90. The molecule has 0 fully saturated rings. The molecule has 0 bridgehead atoms. The fraction of sp³-hybridized carbons (Fsp3) is 0.571. The van der Waals surface area contributed by atoms with Gasteiger partial charge in [0.2, 0.25) is 0 Å². The van der Waals surface area contributed by atoms with Gasteiger partial charge in [0.05, 0.1) is 0 Å². The Morgan fingerprint density at radius 1 is 1.19 bits per heavy atom. The molecular formula is C14H22IN. The van der Waals surface area contributed by atoms with Crippen LogP contribution in [-0.2, 0) is 6.42 Å². The quantitative estimate of drug-likeness (QED) is 0.781. The summed E-state index contributed by atoms with van der Waals surface area (Å²) in [5, 5.41) is 3.40. The van der Waals surface area contributed by atoms with Gasteiger partial charge in [0.25, 0.3) is 0 Å². The van der Waals surface area contributed by atoms with Crippen LogP contribution in [0, 0.1) is 9.49 Å². The van der Waals surface area contributed by atoms with Gasteiger partial charge in [0.15, 0.2) is 0 Å². The lowest BCUT2D eigenvalue weighted by Gasteiger charge is -2.19. The van der Waals surface area contributed by atoms with E-state index in [1.54, 1.807) is 0 Å². The van der Waals surface area contributed by atoms with Crippen molar-refractivity contribution < 1.29 is 0 Å². The largest absolute Gasteiger partial charge is 0.317 e. The van der Waals surface area contributed by atoms with E-state index >= 15 is 0 Å². The maximum Gasteiger partial charge on any atom is 0.0130 e. The summed E-state index contributed by atoms with van der Waals surface area (Å²) < 4.78 is 1.32. The van der Waals surface area contributed by atoms with Gasteiger partial charge in [0.1, 0.15) is 0 Å². The highest BCUT2D eigenvalue weighted by molar-refractivity contribution is 14.1. The van der Waals surface area contributed by atoms with E-state index in [0.717, 1.165) is 5.92 Å². The lowest BCUT2D eigenvalue weighted by Crippen LogP contribution is -2.30. The Morgan fingerprint density at radius 2 is 1.81 bits per heavy atom. The molecular weight excluding hydrogens is 309 g/mol. The van der Waals surface area contributed by atoms with E-state index < -0.39 is 0 Å². The van der Waals surface area contributed by atoms with Gasteiger partial charge in [-0.2, -0.15) is 0 Å². The Labute approximate surface area is 113 Å². The summed E-state index contributed by atoms with van der Waals surface area (Å²) in [4.78, 5) is 0. The second kappa shape index (κ2) is 7.28. The molecule has 1 aromatic rings. The molecule has 1 unspecified atom stereocenters. The van der Waals surface area contributed by atoms with Crippen molar-refractivity contribution in [3.8, 4) is 0 Å². The summed E-state index contributed by atoms with van der Waals surface area (Å²) in [6.45, 7) is 4.57. The molecule has 0 spiro atoms. The van der Waals surface area contributed by atoms with E-state index in [4.69, 9.17) is 0 Å². The number of rotatable bonds is 6. The molecule has 0 aliphatic heterocycles. The molecule has 16 heavy (non-hydrogen) atoms. The normalized spacial score (nSPS) is 13.1. The molecule has 0 aliphatic carbocycles. The highest BCUT2D eigenvalue weighted by Gasteiger charge is 2.09. The third-order valence-corrected chi connectivity index (χ3v) is 3.79. The third kappa shape index (κ3) is 4.83. The molecule has 0 aromatic heterocycles. The average molecular weight is 331 g/mol. The molecule has 1 rings (SSSR count).